The van der Waals surface area contributed by atoms with Gasteiger partial charge in [-0.2, -0.15) is 5.10 Å². The van der Waals surface area contributed by atoms with Gasteiger partial charge in [0.15, 0.2) is 0 Å². The summed E-state index contributed by atoms with van der Waals surface area (Å²) >= 11 is 3.55. The number of imidazole rings is 1. The maximum Gasteiger partial charge on any atom is 0.224 e. The molecule has 0 radical (unpaired) electrons. The highest BCUT2D eigenvalue weighted by atomic mass is 79.9. The number of nitrogens with zero attached hydrogens (tertiary/aromatic N) is 4. The van der Waals surface area contributed by atoms with Crippen LogP contribution in [0.25, 0.3) is 16.7 Å². The maximum absolute atomic E-state index is 4.57. The highest BCUT2D eigenvalue weighted by molar-refractivity contribution is 9.10. The topological polar surface area (TPSA) is 47.1 Å². The van der Waals surface area contributed by atoms with Crippen LogP contribution < -0.4 is 5.43 Å². The van der Waals surface area contributed by atoms with Gasteiger partial charge in [0.25, 0.3) is 0 Å². The monoisotopic (exact) mass is 421 g/mol. The second kappa shape index (κ2) is 7.04. The summed E-state index contributed by atoms with van der Waals surface area (Å²) < 4.78 is 5.28. The number of aromatic nitrogens is 3. The van der Waals surface area contributed by atoms with E-state index in [-0.39, 0.29) is 0 Å². The quantitative estimate of drug-likeness (QED) is 0.364. The zero-order valence-corrected chi connectivity index (χ0v) is 17.0. The van der Waals surface area contributed by atoms with Crippen molar-refractivity contribution in [2.45, 2.75) is 13.8 Å². The average Bonchev–Trinajstić information content (AvgIpc) is 3.12. The number of fused-ring (bicyclic) bond motifs is 1. The van der Waals surface area contributed by atoms with Crippen molar-refractivity contribution in [3.8, 4) is 5.69 Å². The van der Waals surface area contributed by atoms with E-state index in [4.69, 9.17) is 0 Å². The van der Waals surface area contributed by atoms with Gasteiger partial charge in [-0.3, -0.25) is 0 Å². The minimum absolute atomic E-state index is 0.716. The summed E-state index contributed by atoms with van der Waals surface area (Å²) in [6.45, 7) is 4.20. The van der Waals surface area contributed by atoms with Crippen LogP contribution >= 0.6 is 15.9 Å². The van der Waals surface area contributed by atoms with E-state index in [0.717, 1.165) is 38.1 Å². The number of anilines is 1. The number of hydrazone groups is 1. The lowest BCUT2D eigenvalue weighted by atomic mass is 10.2. The molecule has 0 bridgehead atoms. The smallest absolute Gasteiger partial charge is 0.224 e. The number of hydrogen-bond acceptors (Lipinski definition) is 3. The number of halogens is 1. The van der Waals surface area contributed by atoms with Crippen molar-refractivity contribution < 1.29 is 0 Å². The Labute approximate surface area is 166 Å². The third-order valence-corrected chi connectivity index (χ3v) is 5.19. The molecule has 1 N–H and O–H groups in total. The molecule has 0 saturated carbocycles. The van der Waals surface area contributed by atoms with Crippen LogP contribution in [-0.2, 0) is 7.05 Å². The Morgan fingerprint density at radius 1 is 1.07 bits per heavy atom. The Morgan fingerprint density at radius 2 is 1.89 bits per heavy atom. The fraction of sp³-hybridized carbons (Fsp3) is 0.143. The van der Waals surface area contributed by atoms with Crippen molar-refractivity contribution in [3.05, 3.63) is 76.0 Å². The highest BCUT2D eigenvalue weighted by Gasteiger charge is 2.10. The number of para-hydroxylation sites is 2. The summed E-state index contributed by atoms with van der Waals surface area (Å²) in [5.74, 6) is 0.716. The Morgan fingerprint density at radius 3 is 2.67 bits per heavy atom. The van der Waals surface area contributed by atoms with Crippen molar-refractivity contribution in [3.63, 3.8) is 0 Å². The molecule has 5 nitrogen and oxygen atoms in total. The standard InChI is InChI=1S/C21H20BrN5/c1-14-11-16(15(2)27(14)18-8-6-7-17(22)12-18)13-23-25-21-24-19-9-4-5-10-20(19)26(21)3/h4-13H,1-3H3,(H,24,25)/b23-13-. The molecule has 0 aliphatic carbocycles. The molecule has 6 heteroatoms. The molecule has 27 heavy (non-hydrogen) atoms. The number of nitrogens with one attached hydrogen (secondary N) is 1. The molecule has 4 rings (SSSR count). The van der Waals surface area contributed by atoms with E-state index in [1.54, 1.807) is 0 Å². The van der Waals surface area contributed by atoms with E-state index in [1.165, 1.54) is 0 Å². The Balaban J connectivity index is 1.61. The van der Waals surface area contributed by atoms with E-state index < -0.39 is 0 Å². The molecule has 136 valence electrons. The summed E-state index contributed by atoms with van der Waals surface area (Å²) in [7, 11) is 1.98. The second-order valence-corrected chi connectivity index (χ2v) is 7.41. The van der Waals surface area contributed by atoms with E-state index in [1.807, 2.05) is 54.2 Å². The van der Waals surface area contributed by atoms with Crippen LogP contribution in [0.4, 0.5) is 5.95 Å². The minimum Gasteiger partial charge on any atom is -0.318 e. The van der Waals surface area contributed by atoms with Crippen LogP contribution in [0.1, 0.15) is 17.0 Å². The fourth-order valence-corrected chi connectivity index (χ4v) is 3.72. The summed E-state index contributed by atoms with van der Waals surface area (Å²) in [6.07, 6.45) is 1.84. The molecule has 0 unspecified atom stereocenters. The molecule has 2 heterocycles. The van der Waals surface area contributed by atoms with E-state index in [0.29, 0.717) is 5.95 Å². The first kappa shape index (κ1) is 17.5. The van der Waals surface area contributed by atoms with Crippen LogP contribution in [-0.4, -0.2) is 20.3 Å². The Bertz CT molecular complexity index is 1150. The van der Waals surface area contributed by atoms with Crippen LogP contribution in [0.5, 0.6) is 0 Å². The molecule has 0 fully saturated rings. The molecule has 0 atom stereocenters. The number of hydrogen-bond donors (Lipinski definition) is 1. The van der Waals surface area contributed by atoms with Gasteiger partial charge in [-0.05, 0) is 50.2 Å². The third-order valence-electron chi connectivity index (χ3n) is 4.69. The Hall–Kier alpha value is -2.86. The third kappa shape index (κ3) is 3.28. The van der Waals surface area contributed by atoms with E-state index >= 15 is 0 Å². The van der Waals surface area contributed by atoms with E-state index in [2.05, 4.69) is 68.1 Å². The van der Waals surface area contributed by atoms with Crippen LogP contribution in [0.2, 0.25) is 0 Å². The molecule has 0 aliphatic heterocycles. The fourth-order valence-electron chi connectivity index (χ4n) is 3.34. The van der Waals surface area contributed by atoms with E-state index in [9.17, 15) is 0 Å². The van der Waals surface area contributed by atoms with Crippen molar-refractivity contribution in [1.82, 2.24) is 14.1 Å². The SMILES string of the molecule is Cc1cc(/C=N\Nc2nc3ccccc3n2C)c(C)n1-c1cccc(Br)c1. The normalized spacial score (nSPS) is 11.6. The van der Waals surface area contributed by atoms with Gasteiger partial charge in [-0.15, -0.1) is 0 Å². The maximum atomic E-state index is 4.57. The Kier molecular flexibility index (Phi) is 4.58. The largest absolute Gasteiger partial charge is 0.318 e. The zero-order chi connectivity index (χ0) is 19.0. The molecule has 2 aromatic heterocycles. The van der Waals surface area contributed by atoms with Gasteiger partial charge in [0.1, 0.15) is 0 Å². The summed E-state index contributed by atoms with van der Waals surface area (Å²) in [5.41, 5.74) is 9.58. The number of aryl methyl sites for hydroxylation is 2. The van der Waals surface area contributed by atoms with Crippen LogP contribution in [0.15, 0.2) is 64.2 Å². The predicted molar refractivity (Wildman–Crippen MR) is 115 cm³/mol. The van der Waals surface area contributed by atoms with Crippen LogP contribution in [0, 0.1) is 13.8 Å². The van der Waals surface area contributed by atoms with Gasteiger partial charge in [-0.25, -0.2) is 10.4 Å². The second-order valence-electron chi connectivity index (χ2n) is 6.49. The zero-order valence-electron chi connectivity index (χ0n) is 15.4. The number of benzene rings is 2. The first-order valence-electron chi connectivity index (χ1n) is 8.70. The molecule has 4 aromatic rings. The van der Waals surface area contributed by atoms with Crippen molar-refractivity contribution in [2.75, 3.05) is 5.43 Å². The van der Waals surface area contributed by atoms with Crippen LogP contribution in [0.3, 0.4) is 0 Å². The molecule has 0 aliphatic rings. The summed E-state index contributed by atoms with van der Waals surface area (Å²) in [4.78, 5) is 4.57. The van der Waals surface area contributed by atoms with Gasteiger partial charge < -0.3 is 9.13 Å². The van der Waals surface area contributed by atoms with Crippen molar-refractivity contribution in [2.24, 2.45) is 12.1 Å². The molecule has 0 amide bonds. The lowest BCUT2D eigenvalue weighted by Crippen LogP contribution is -2.01. The van der Waals surface area contributed by atoms with Crippen molar-refractivity contribution >= 4 is 39.1 Å². The van der Waals surface area contributed by atoms with Gasteiger partial charge in [0, 0.05) is 34.2 Å². The summed E-state index contributed by atoms with van der Waals surface area (Å²) in [6, 6.07) is 18.4. The molecular weight excluding hydrogens is 402 g/mol. The highest BCUT2D eigenvalue weighted by Crippen LogP contribution is 2.22. The van der Waals surface area contributed by atoms with Gasteiger partial charge >= 0.3 is 0 Å². The van der Waals surface area contributed by atoms with Gasteiger partial charge in [0.05, 0.1) is 17.2 Å². The first-order valence-corrected chi connectivity index (χ1v) is 9.49. The first-order chi connectivity index (χ1) is 13.0. The molecule has 0 spiro atoms. The lowest BCUT2D eigenvalue weighted by molar-refractivity contribution is 0.943. The molecular formula is C21H20BrN5. The number of rotatable bonds is 4. The minimum atomic E-state index is 0.716. The molecule has 2 aromatic carbocycles. The molecule has 0 saturated heterocycles. The van der Waals surface area contributed by atoms with Gasteiger partial charge in [0.2, 0.25) is 5.95 Å². The summed E-state index contributed by atoms with van der Waals surface area (Å²) in [5, 5.41) is 4.41. The average molecular weight is 422 g/mol. The van der Waals surface area contributed by atoms with Crippen molar-refractivity contribution in [1.29, 1.82) is 0 Å². The van der Waals surface area contributed by atoms with Gasteiger partial charge in [-0.1, -0.05) is 34.1 Å². The predicted octanol–water partition coefficient (Wildman–Crippen LogP) is 5.19. The lowest BCUT2D eigenvalue weighted by Gasteiger charge is -2.09.